The first kappa shape index (κ1) is 17.9. The minimum atomic E-state index is -0.313. The van der Waals surface area contributed by atoms with Gasteiger partial charge >= 0.3 is 0 Å². The predicted octanol–water partition coefficient (Wildman–Crippen LogP) is 4.03. The van der Waals surface area contributed by atoms with Crippen molar-refractivity contribution in [1.29, 1.82) is 0 Å². The van der Waals surface area contributed by atoms with Crippen LogP contribution in [0.5, 0.6) is 0 Å². The Morgan fingerprint density at radius 1 is 1.24 bits per heavy atom. The Balaban J connectivity index is 1.66. The van der Waals surface area contributed by atoms with E-state index in [0.29, 0.717) is 11.7 Å². The van der Waals surface area contributed by atoms with Crippen LogP contribution in [0.4, 0.5) is 10.1 Å². The van der Waals surface area contributed by atoms with E-state index in [1.54, 1.807) is 23.5 Å². The Bertz CT molecular complexity index is 771. The third-order valence-electron chi connectivity index (χ3n) is 4.61. The summed E-state index contributed by atoms with van der Waals surface area (Å²) in [4.78, 5) is 18.1. The maximum Gasteiger partial charge on any atom is 0.230 e. The molecular formula is C19H24FN3OS. The van der Waals surface area contributed by atoms with Gasteiger partial charge in [0.15, 0.2) is 4.80 Å². The summed E-state index contributed by atoms with van der Waals surface area (Å²) in [5.41, 5.74) is 1.55. The molecule has 0 aliphatic heterocycles. The van der Waals surface area contributed by atoms with Crippen molar-refractivity contribution in [3.63, 3.8) is 0 Å². The highest BCUT2D eigenvalue weighted by atomic mass is 32.1. The average Bonchev–Trinajstić information content (AvgIpc) is 2.79. The molecule has 1 N–H and O–H groups in total. The highest BCUT2D eigenvalue weighted by molar-refractivity contribution is 7.07. The van der Waals surface area contributed by atoms with Crippen molar-refractivity contribution in [2.24, 2.45) is 12.0 Å². The van der Waals surface area contributed by atoms with Crippen molar-refractivity contribution in [3.05, 3.63) is 46.0 Å². The molecule has 0 unspecified atom stereocenters. The lowest BCUT2D eigenvalue weighted by molar-refractivity contribution is -0.115. The minimum absolute atomic E-state index is 0.110. The number of hydrogen-bond acceptors (Lipinski definition) is 3. The van der Waals surface area contributed by atoms with Gasteiger partial charge in [0, 0.05) is 23.8 Å². The van der Waals surface area contributed by atoms with Crippen molar-refractivity contribution in [2.75, 3.05) is 5.32 Å². The lowest BCUT2D eigenvalue weighted by atomic mass is 10.1. The molecule has 0 saturated heterocycles. The van der Waals surface area contributed by atoms with E-state index in [1.807, 2.05) is 17.0 Å². The summed E-state index contributed by atoms with van der Waals surface area (Å²) >= 11 is 1.59. The molecule has 134 valence electrons. The van der Waals surface area contributed by atoms with Crippen LogP contribution >= 0.6 is 11.3 Å². The molecule has 4 nitrogen and oxygen atoms in total. The molecule has 25 heavy (non-hydrogen) atoms. The summed E-state index contributed by atoms with van der Waals surface area (Å²) in [6, 6.07) is 6.21. The molecule has 2 aromatic rings. The van der Waals surface area contributed by atoms with Gasteiger partial charge in [0.2, 0.25) is 5.91 Å². The number of carbonyl (C=O) groups is 1. The molecule has 0 atom stereocenters. The van der Waals surface area contributed by atoms with E-state index >= 15 is 0 Å². The number of anilines is 1. The van der Waals surface area contributed by atoms with Gasteiger partial charge in [0.25, 0.3) is 0 Å². The van der Waals surface area contributed by atoms with Gasteiger partial charge in [-0.1, -0.05) is 25.7 Å². The molecule has 1 amide bonds. The molecule has 1 saturated carbocycles. The van der Waals surface area contributed by atoms with E-state index < -0.39 is 0 Å². The summed E-state index contributed by atoms with van der Waals surface area (Å²) in [6.07, 6.45) is 7.77. The third kappa shape index (κ3) is 5.01. The number of nitrogens with zero attached hydrogens (tertiary/aromatic N) is 2. The molecule has 0 bridgehead atoms. The van der Waals surface area contributed by atoms with E-state index in [1.165, 1.54) is 37.8 Å². The van der Waals surface area contributed by atoms with Crippen LogP contribution in [0.3, 0.4) is 0 Å². The molecular weight excluding hydrogens is 337 g/mol. The van der Waals surface area contributed by atoms with Crippen LogP contribution in [0, 0.1) is 5.82 Å². The Labute approximate surface area is 151 Å². The van der Waals surface area contributed by atoms with Crippen molar-refractivity contribution in [3.8, 4) is 0 Å². The Kier molecular flexibility index (Phi) is 6.02. The zero-order chi connectivity index (χ0) is 17.6. The number of halogens is 1. The molecule has 1 aliphatic rings. The largest absolute Gasteiger partial charge is 0.326 e. The monoisotopic (exact) mass is 361 g/mol. The van der Waals surface area contributed by atoms with Crippen molar-refractivity contribution >= 4 is 22.9 Å². The van der Waals surface area contributed by atoms with E-state index in [2.05, 4.69) is 5.32 Å². The van der Waals surface area contributed by atoms with E-state index in [-0.39, 0.29) is 18.1 Å². The van der Waals surface area contributed by atoms with Gasteiger partial charge in [-0.15, -0.1) is 11.3 Å². The smallest absolute Gasteiger partial charge is 0.230 e. The van der Waals surface area contributed by atoms with Gasteiger partial charge in [0.05, 0.1) is 12.5 Å². The van der Waals surface area contributed by atoms with Gasteiger partial charge < -0.3 is 9.88 Å². The highest BCUT2D eigenvalue weighted by Gasteiger charge is 2.13. The van der Waals surface area contributed by atoms with E-state index in [0.717, 1.165) is 23.3 Å². The Hall–Kier alpha value is -1.95. The first-order valence-corrected chi connectivity index (χ1v) is 9.72. The van der Waals surface area contributed by atoms with Crippen LogP contribution in [0.2, 0.25) is 0 Å². The summed E-state index contributed by atoms with van der Waals surface area (Å²) in [5.74, 6) is -0.423. The van der Waals surface area contributed by atoms with Gasteiger partial charge in [0.1, 0.15) is 5.82 Å². The van der Waals surface area contributed by atoms with Crippen LogP contribution in [0.1, 0.15) is 44.2 Å². The molecule has 0 radical (unpaired) electrons. The average molecular weight is 361 g/mol. The zero-order valence-electron chi connectivity index (χ0n) is 14.5. The number of amides is 1. The maximum absolute atomic E-state index is 12.9. The van der Waals surface area contributed by atoms with Gasteiger partial charge in [-0.3, -0.25) is 9.79 Å². The summed E-state index contributed by atoms with van der Waals surface area (Å²) < 4.78 is 14.9. The first-order chi connectivity index (χ1) is 12.1. The second kappa shape index (κ2) is 8.43. The standard InChI is InChI=1S/C19H24FN3OS/c1-23-17(12-18(24)21-16-10-8-14(20)9-11-16)13-25-19(23)22-15-6-4-2-3-5-7-15/h8-11,13,15H,2-7,12H2,1H3,(H,21,24). The fourth-order valence-electron chi connectivity index (χ4n) is 3.12. The fraction of sp³-hybridized carbons (Fsp3) is 0.474. The first-order valence-electron chi connectivity index (χ1n) is 8.84. The minimum Gasteiger partial charge on any atom is -0.326 e. The van der Waals surface area contributed by atoms with Crippen LogP contribution in [-0.4, -0.2) is 16.5 Å². The molecule has 1 aromatic heterocycles. The number of nitrogens with one attached hydrogen (secondary N) is 1. The molecule has 1 fully saturated rings. The Morgan fingerprint density at radius 2 is 1.92 bits per heavy atom. The summed E-state index contributed by atoms with van der Waals surface area (Å²) in [5, 5.41) is 4.80. The highest BCUT2D eigenvalue weighted by Crippen LogP contribution is 2.19. The fourth-order valence-corrected chi connectivity index (χ4v) is 4.09. The van der Waals surface area contributed by atoms with Crippen LogP contribution in [0.15, 0.2) is 34.6 Å². The van der Waals surface area contributed by atoms with Crippen molar-refractivity contribution < 1.29 is 9.18 Å². The van der Waals surface area contributed by atoms with Gasteiger partial charge in [-0.25, -0.2) is 4.39 Å². The number of aromatic nitrogens is 1. The third-order valence-corrected chi connectivity index (χ3v) is 5.59. The van der Waals surface area contributed by atoms with E-state index in [9.17, 15) is 9.18 Å². The number of thiazole rings is 1. The lowest BCUT2D eigenvalue weighted by Crippen LogP contribution is -2.21. The van der Waals surface area contributed by atoms with Gasteiger partial charge in [-0.05, 0) is 37.1 Å². The molecule has 1 heterocycles. The SMILES string of the molecule is Cn1c(CC(=O)Nc2ccc(F)cc2)csc1=NC1CCCCCC1. The van der Waals surface area contributed by atoms with Crippen molar-refractivity contribution in [1.82, 2.24) is 4.57 Å². The maximum atomic E-state index is 12.9. The van der Waals surface area contributed by atoms with Crippen LogP contribution in [0.25, 0.3) is 0 Å². The van der Waals surface area contributed by atoms with Crippen LogP contribution < -0.4 is 10.1 Å². The Morgan fingerprint density at radius 3 is 2.60 bits per heavy atom. The molecule has 3 rings (SSSR count). The summed E-state index contributed by atoms with van der Waals surface area (Å²) in [7, 11) is 1.96. The number of benzene rings is 1. The second-order valence-electron chi connectivity index (χ2n) is 6.57. The number of hydrogen-bond donors (Lipinski definition) is 1. The quantitative estimate of drug-likeness (QED) is 0.821. The van der Waals surface area contributed by atoms with Crippen molar-refractivity contribution in [2.45, 2.75) is 51.0 Å². The van der Waals surface area contributed by atoms with Crippen LogP contribution in [-0.2, 0) is 18.3 Å². The number of rotatable bonds is 4. The topological polar surface area (TPSA) is 46.4 Å². The molecule has 1 aromatic carbocycles. The second-order valence-corrected chi connectivity index (χ2v) is 7.41. The predicted molar refractivity (Wildman–Crippen MR) is 99.1 cm³/mol. The van der Waals surface area contributed by atoms with E-state index in [4.69, 9.17) is 4.99 Å². The lowest BCUT2D eigenvalue weighted by Gasteiger charge is -2.08. The normalized spacial score (nSPS) is 16.6. The van der Waals surface area contributed by atoms with Gasteiger partial charge in [-0.2, -0.15) is 0 Å². The molecule has 1 aliphatic carbocycles. The molecule has 6 heteroatoms. The zero-order valence-corrected chi connectivity index (χ0v) is 15.3. The number of carbonyl (C=O) groups excluding carboxylic acids is 1. The summed E-state index contributed by atoms with van der Waals surface area (Å²) in [6.45, 7) is 0. The molecule has 0 spiro atoms.